The van der Waals surface area contributed by atoms with E-state index in [2.05, 4.69) is 41.8 Å². The van der Waals surface area contributed by atoms with Crippen LogP contribution in [0.3, 0.4) is 0 Å². The molecule has 1 aromatic carbocycles. The van der Waals surface area contributed by atoms with E-state index in [4.69, 9.17) is 9.47 Å². The van der Waals surface area contributed by atoms with E-state index in [1.165, 1.54) is 20.0 Å². The lowest BCUT2D eigenvalue weighted by atomic mass is 9.87. The Hall–Kier alpha value is -1.89. The molecular formula is C30H45IN2O7. The van der Waals surface area contributed by atoms with Crippen molar-refractivity contribution in [1.82, 2.24) is 10.2 Å². The van der Waals surface area contributed by atoms with E-state index < -0.39 is 18.2 Å². The van der Waals surface area contributed by atoms with Gasteiger partial charge in [0.05, 0.1) is 29.9 Å². The van der Waals surface area contributed by atoms with Crippen LogP contribution in [-0.4, -0.2) is 77.1 Å². The van der Waals surface area contributed by atoms with Crippen molar-refractivity contribution in [3.8, 4) is 11.5 Å². The standard InChI is InChI=1S/C30H45IN2O7/c1-19(2)10-12-33(27(36)9-8-20-6-4-5-7-20)24-16-22(30(38)32-11-13-34)17-25(28(24)37)40-29-23(31)14-21(18-35)15-26(29)39-3/h14-15,17,19-20,24-25,28,34-35,37H,4-13,16,18H2,1-3H3,(H,32,38)/t24-,25+,28+/m1/s1. The van der Waals surface area contributed by atoms with Crippen LogP contribution in [0.2, 0.25) is 0 Å². The third kappa shape index (κ3) is 8.80. The minimum atomic E-state index is -1.09. The lowest BCUT2D eigenvalue weighted by Gasteiger charge is -2.41. The van der Waals surface area contributed by atoms with Crippen LogP contribution in [0.4, 0.5) is 0 Å². The molecule has 224 valence electrons. The Bertz CT molecular complexity index is 1030. The number of aliphatic hydroxyl groups excluding tert-OH is 3. The molecule has 0 bridgehead atoms. The van der Waals surface area contributed by atoms with Crippen LogP contribution in [0.25, 0.3) is 0 Å². The van der Waals surface area contributed by atoms with Crippen LogP contribution in [0.1, 0.15) is 70.8 Å². The molecule has 9 nitrogen and oxygen atoms in total. The van der Waals surface area contributed by atoms with Gasteiger partial charge in [-0.15, -0.1) is 0 Å². The molecule has 4 N–H and O–H groups in total. The fourth-order valence-corrected chi connectivity index (χ4v) is 6.33. The molecule has 0 aliphatic heterocycles. The van der Waals surface area contributed by atoms with Gasteiger partial charge in [-0.3, -0.25) is 9.59 Å². The highest BCUT2D eigenvalue weighted by molar-refractivity contribution is 14.1. The molecule has 0 spiro atoms. The second kappa shape index (κ2) is 15.9. The molecule has 10 heteroatoms. The molecular weight excluding hydrogens is 627 g/mol. The van der Waals surface area contributed by atoms with Crippen LogP contribution >= 0.6 is 22.6 Å². The number of benzene rings is 1. The highest BCUT2D eigenvalue weighted by Crippen LogP contribution is 2.37. The lowest BCUT2D eigenvalue weighted by Crippen LogP contribution is -2.55. The average Bonchev–Trinajstić information content (AvgIpc) is 3.46. The van der Waals surface area contributed by atoms with E-state index in [-0.39, 0.29) is 38.0 Å². The van der Waals surface area contributed by atoms with Crippen molar-refractivity contribution < 1.29 is 34.4 Å². The highest BCUT2D eigenvalue weighted by Gasteiger charge is 2.41. The summed E-state index contributed by atoms with van der Waals surface area (Å²) in [7, 11) is 1.50. The van der Waals surface area contributed by atoms with Crippen molar-refractivity contribution in [3.63, 3.8) is 0 Å². The normalized spacial score (nSPS) is 21.3. The quantitative estimate of drug-likeness (QED) is 0.223. The van der Waals surface area contributed by atoms with Crippen LogP contribution in [-0.2, 0) is 16.2 Å². The zero-order chi connectivity index (χ0) is 29.2. The molecule has 2 aliphatic carbocycles. The second-order valence-electron chi connectivity index (χ2n) is 11.2. The van der Waals surface area contributed by atoms with E-state index in [0.717, 1.165) is 25.7 Å². The summed E-state index contributed by atoms with van der Waals surface area (Å²) in [4.78, 5) is 28.5. The largest absolute Gasteiger partial charge is 0.493 e. The van der Waals surface area contributed by atoms with E-state index in [0.29, 0.717) is 51.0 Å². The zero-order valence-electron chi connectivity index (χ0n) is 23.9. The Labute approximate surface area is 251 Å². The van der Waals surface area contributed by atoms with Crippen LogP contribution < -0.4 is 14.8 Å². The van der Waals surface area contributed by atoms with Gasteiger partial charge in [0.25, 0.3) is 0 Å². The molecule has 0 aromatic heterocycles. The van der Waals surface area contributed by atoms with Crippen molar-refractivity contribution in [1.29, 1.82) is 0 Å². The lowest BCUT2D eigenvalue weighted by molar-refractivity contribution is -0.139. The van der Waals surface area contributed by atoms with E-state index in [9.17, 15) is 24.9 Å². The SMILES string of the molecule is COc1cc(CO)cc(I)c1O[C@H]1C=C(C(=O)NCCO)C[C@@H](N(CCC(C)C)C(=O)CCC2CCCC2)[C@@H]1O. The number of nitrogens with zero attached hydrogens (tertiary/aromatic N) is 1. The summed E-state index contributed by atoms with van der Waals surface area (Å²) in [5.74, 6) is 1.34. The number of hydrogen-bond acceptors (Lipinski definition) is 7. The van der Waals surface area contributed by atoms with Crippen LogP contribution in [0.5, 0.6) is 11.5 Å². The van der Waals surface area contributed by atoms with E-state index in [1.54, 1.807) is 23.1 Å². The zero-order valence-corrected chi connectivity index (χ0v) is 26.1. The van der Waals surface area contributed by atoms with Gasteiger partial charge in [-0.05, 0) is 71.0 Å². The summed E-state index contributed by atoms with van der Waals surface area (Å²) < 4.78 is 12.5. The third-order valence-corrected chi connectivity index (χ3v) is 8.65. The number of aliphatic hydroxyl groups is 3. The third-order valence-electron chi connectivity index (χ3n) is 7.85. The van der Waals surface area contributed by atoms with Crippen molar-refractivity contribution in [2.75, 3.05) is 26.8 Å². The smallest absolute Gasteiger partial charge is 0.247 e. The first-order chi connectivity index (χ1) is 19.2. The minimum absolute atomic E-state index is 0.00757. The van der Waals surface area contributed by atoms with Crippen molar-refractivity contribution >= 4 is 34.4 Å². The van der Waals surface area contributed by atoms with E-state index in [1.807, 2.05) is 0 Å². The highest BCUT2D eigenvalue weighted by atomic mass is 127. The first-order valence-electron chi connectivity index (χ1n) is 14.4. The molecule has 0 unspecified atom stereocenters. The molecule has 2 aliphatic rings. The van der Waals surface area contributed by atoms with Gasteiger partial charge >= 0.3 is 0 Å². The molecule has 1 saturated carbocycles. The van der Waals surface area contributed by atoms with Gasteiger partial charge in [0.15, 0.2) is 11.5 Å². The Morgan fingerprint density at radius 1 is 1.20 bits per heavy atom. The number of carbonyl (C=O) groups excluding carboxylic acids is 2. The molecule has 0 heterocycles. The molecule has 2 amide bonds. The average molecular weight is 673 g/mol. The number of carbonyl (C=O) groups is 2. The number of halogens is 1. The van der Waals surface area contributed by atoms with Crippen molar-refractivity contribution in [2.24, 2.45) is 11.8 Å². The van der Waals surface area contributed by atoms with Crippen molar-refractivity contribution in [3.05, 3.63) is 32.9 Å². The van der Waals surface area contributed by atoms with Gasteiger partial charge in [0, 0.05) is 31.5 Å². The summed E-state index contributed by atoms with van der Waals surface area (Å²) in [5, 5.41) is 33.2. The van der Waals surface area contributed by atoms with Gasteiger partial charge in [-0.25, -0.2) is 0 Å². The maximum atomic E-state index is 13.7. The van der Waals surface area contributed by atoms with Gasteiger partial charge in [-0.1, -0.05) is 39.5 Å². The van der Waals surface area contributed by atoms with Crippen molar-refractivity contribution in [2.45, 2.75) is 90.1 Å². The summed E-state index contributed by atoms with van der Waals surface area (Å²) in [5.41, 5.74) is 1.05. The van der Waals surface area contributed by atoms with Gasteiger partial charge in [0.1, 0.15) is 12.2 Å². The Morgan fingerprint density at radius 3 is 2.55 bits per heavy atom. The second-order valence-corrected chi connectivity index (χ2v) is 12.4. The summed E-state index contributed by atoms with van der Waals surface area (Å²) in [6.45, 7) is 4.42. The molecule has 0 saturated heterocycles. The van der Waals surface area contributed by atoms with Gasteiger partial charge < -0.3 is 35.0 Å². The first kappa shape index (κ1) is 32.6. The predicted octanol–water partition coefficient (Wildman–Crippen LogP) is 3.55. The number of ether oxygens (including phenoxy) is 2. The molecule has 0 radical (unpaired) electrons. The maximum Gasteiger partial charge on any atom is 0.247 e. The minimum Gasteiger partial charge on any atom is -0.493 e. The summed E-state index contributed by atoms with van der Waals surface area (Å²) in [6, 6.07) is 2.79. The molecule has 1 aromatic rings. The Kier molecular flexibility index (Phi) is 13.0. The fraction of sp³-hybridized carbons (Fsp3) is 0.667. The number of amides is 2. The number of methoxy groups -OCH3 is 1. The molecule has 3 rings (SSSR count). The maximum absolute atomic E-state index is 13.7. The number of nitrogens with one attached hydrogen (secondary N) is 1. The van der Waals surface area contributed by atoms with Gasteiger partial charge in [0.2, 0.25) is 11.8 Å². The summed E-state index contributed by atoms with van der Waals surface area (Å²) in [6.07, 6.45) is 6.56. The fourth-order valence-electron chi connectivity index (χ4n) is 5.54. The topological polar surface area (TPSA) is 129 Å². The molecule has 40 heavy (non-hydrogen) atoms. The monoisotopic (exact) mass is 672 g/mol. The molecule has 1 fully saturated rings. The van der Waals surface area contributed by atoms with E-state index >= 15 is 0 Å². The van der Waals surface area contributed by atoms with Crippen LogP contribution in [0, 0.1) is 15.4 Å². The molecule has 3 atom stereocenters. The van der Waals surface area contributed by atoms with Gasteiger partial charge in [-0.2, -0.15) is 0 Å². The number of rotatable bonds is 14. The Balaban J connectivity index is 1.93. The summed E-state index contributed by atoms with van der Waals surface area (Å²) >= 11 is 2.09. The van der Waals surface area contributed by atoms with Crippen LogP contribution in [0.15, 0.2) is 23.8 Å². The predicted molar refractivity (Wildman–Crippen MR) is 161 cm³/mol. The Morgan fingerprint density at radius 2 is 1.93 bits per heavy atom. The number of hydrogen-bond donors (Lipinski definition) is 4. The first-order valence-corrected chi connectivity index (χ1v) is 15.5.